The second-order valence-electron chi connectivity index (χ2n) is 7.92. The highest BCUT2D eigenvalue weighted by atomic mass is 32.1. The second-order valence-corrected chi connectivity index (χ2v) is 8.94. The molecule has 0 saturated carbocycles. The number of esters is 1. The van der Waals surface area contributed by atoms with Crippen LogP contribution < -0.4 is 5.32 Å². The molecule has 0 fully saturated rings. The topological polar surface area (TPSA) is 75.7 Å². The summed E-state index contributed by atoms with van der Waals surface area (Å²) < 4.78 is 5.38. The molecular weight excluding hydrogens is 412 g/mol. The van der Waals surface area contributed by atoms with E-state index in [1.54, 1.807) is 37.8 Å². The van der Waals surface area contributed by atoms with Gasteiger partial charge in [0, 0.05) is 18.7 Å². The Morgan fingerprint density at radius 3 is 2.10 bits per heavy atom. The minimum absolute atomic E-state index is 0.159. The second kappa shape index (κ2) is 10.6. The number of carbonyl (C=O) groups excluding carboxylic acids is 3. The monoisotopic (exact) mass is 444 g/mol. The number of rotatable bonds is 8. The minimum atomic E-state index is -0.548. The van der Waals surface area contributed by atoms with E-state index in [0.717, 1.165) is 16.9 Å². The van der Waals surface area contributed by atoms with Crippen LogP contribution in [-0.2, 0) is 4.74 Å². The predicted octanol–water partition coefficient (Wildman–Crippen LogP) is 5.48. The summed E-state index contributed by atoms with van der Waals surface area (Å²) >= 11 is 1.12. The van der Waals surface area contributed by atoms with Gasteiger partial charge in [-0.25, -0.2) is 4.79 Å². The molecule has 0 radical (unpaired) electrons. The Morgan fingerprint density at radius 1 is 1.03 bits per heavy atom. The first-order valence-corrected chi connectivity index (χ1v) is 11.5. The predicted molar refractivity (Wildman–Crippen MR) is 125 cm³/mol. The van der Waals surface area contributed by atoms with Crippen molar-refractivity contribution in [2.24, 2.45) is 0 Å². The maximum absolute atomic E-state index is 13.0. The molecule has 1 N–H and O–H groups in total. The summed E-state index contributed by atoms with van der Waals surface area (Å²) in [6, 6.07) is 7.36. The SMILES string of the molecule is CCN(CC)C(=O)c1sc(NC(=O)c2ccc(C(C)C)cc2)c(C(=O)OC(C)C)c1C. The van der Waals surface area contributed by atoms with Crippen molar-refractivity contribution >= 4 is 34.1 Å². The number of thiophene rings is 1. The Balaban J connectivity index is 2.44. The van der Waals surface area contributed by atoms with Crippen molar-refractivity contribution in [1.29, 1.82) is 0 Å². The van der Waals surface area contributed by atoms with E-state index in [1.165, 1.54) is 0 Å². The number of amides is 2. The van der Waals surface area contributed by atoms with Crippen molar-refractivity contribution < 1.29 is 19.1 Å². The van der Waals surface area contributed by atoms with Crippen LogP contribution in [0.4, 0.5) is 5.00 Å². The molecule has 2 rings (SSSR count). The van der Waals surface area contributed by atoms with E-state index in [-0.39, 0.29) is 23.5 Å². The van der Waals surface area contributed by atoms with Crippen LogP contribution in [0.1, 0.15) is 89.0 Å². The third kappa shape index (κ3) is 5.73. The van der Waals surface area contributed by atoms with E-state index in [9.17, 15) is 14.4 Å². The van der Waals surface area contributed by atoms with Gasteiger partial charge in [0.15, 0.2) is 0 Å². The fourth-order valence-corrected chi connectivity index (χ4v) is 4.33. The van der Waals surface area contributed by atoms with Gasteiger partial charge in [-0.3, -0.25) is 9.59 Å². The lowest BCUT2D eigenvalue weighted by molar-refractivity contribution is 0.0379. The summed E-state index contributed by atoms with van der Waals surface area (Å²) in [5, 5.41) is 3.16. The molecule has 1 aromatic heterocycles. The van der Waals surface area contributed by atoms with Gasteiger partial charge in [0.1, 0.15) is 5.00 Å². The molecule has 0 unspecified atom stereocenters. The van der Waals surface area contributed by atoms with Crippen LogP contribution in [0.15, 0.2) is 24.3 Å². The van der Waals surface area contributed by atoms with Crippen LogP contribution in [0.3, 0.4) is 0 Å². The number of carbonyl (C=O) groups is 3. The van der Waals surface area contributed by atoms with E-state index in [4.69, 9.17) is 4.74 Å². The summed E-state index contributed by atoms with van der Waals surface area (Å²) in [7, 11) is 0. The molecule has 0 aliphatic carbocycles. The normalized spacial score (nSPS) is 11.0. The highest BCUT2D eigenvalue weighted by Gasteiger charge is 2.29. The molecule has 0 bridgehead atoms. The van der Waals surface area contributed by atoms with Gasteiger partial charge < -0.3 is 15.0 Å². The molecule has 0 saturated heterocycles. The molecular formula is C24H32N2O4S. The highest BCUT2D eigenvalue weighted by Crippen LogP contribution is 2.35. The molecule has 2 aromatic rings. The number of nitrogens with one attached hydrogen (secondary N) is 1. The Kier molecular flexibility index (Phi) is 8.39. The molecule has 2 amide bonds. The van der Waals surface area contributed by atoms with Crippen molar-refractivity contribution in [2.45, 2.75) is 60.5 Å². The first kappa shape index (κ1) is 24.6. The van der Waals surface area contributed by atoms with Crippen molar-refractivity contribution in [3.63, 3.8) is 0 Å². The minimum Gasteiger partial charge on any atom is -0.459 e. The van der Waals surface area contributed by atoms with E-state index in [2.05, 4.69) is 19.2 Å². The van der Waals surface area contributed by atoms with Crippen molar-refractivity contribution in [2.75, 3.05) is 18.4 Å². The average Bonchev–Trinajstić information content (AvgIpc) is 3.04. The summed E-state index contributed by atoms with van der Waals surface area (Å²) in [6.07, 6.45) is -0.319. The van der Waals surface area contributed by atoms with E-state index >= 15 is 0 Å². The number of hydrogen-bond donors (Lipinski definition) is 1. The van der Waals surface area contributed by atoms with Gasteiger partial charge in [-0.05, 0) is 63.8 Å². The van der Waals surface area contributed by atoms with Crippen LogP contribution in [0.5, 0.6) is 0 Å². The molecule has 7 heteroatoms. The fraction of sp³-hybridized carbons (Fsp3) is 0.458. The summed E-state index contributed by atoms with van der Waals surface area (Å²) in [4.78, 5) is 40.8. The molecule has 1 aromatic carbocycles. The number of nitrogens with zero attached hydrogens (tertiary/aromatic N) is 1. The van der Waals surface area contributed by atoms with Crippen LogP contribution in [0, 0.1) is 6.92 Å². The van der Waals surface area contributed by atoms with Gasteiger partial charge in [-0.2, -0.15) is 0 Å². The Morgan fingerprint density at radius 2 is 1.61 bits per heavy atom. The zero-order valence-electron chi connectivity index (χ0n) is 19.4. The average molecular weight is 445 g/mol. The fourth-order valence-electron chi connectivity index (χ4n) is 3.17. The quantitative estimate of drug-likeness (QED) is 0.547. The van der Waals surface area contributed by atoms with Gasteiger partial charge >= 0.3 is 5.97 Å². The lowest BCUT2D eigenvalue weighted by atomic mass is 10.0. The van der Waals surface area contributed by atoms with Crippen LogP contribution in [-0.4, -0.2) is 41.9 Å². The van der Waals surface area contributed by atoms with Gasteiger partial charge in [-0.15, -0.1) is 11.3 Å². The van der Waals surface area contributed by atoms with Gasteiger partial charge in [-0.1, -0.05) is 26.0 Å². The largest absolute Gasteiger partial charge is 0.459 e. The molecule has 0 aliphatic rings. The summed E-state index contributed by atoms with van der Waals surface area (Å²) in [5.74, 6) is -0.680. The lowest BCUT2D eigenvalue weighted by Gasteiger charge is -2.18. The summed E-state index contributed by atoms with van der Waals surface area (Å²) in [6.45, 7) is 14.3. The van der Waals surface area contributed by atoms with Crippen LogP contribution in [0.2, 0.25) is 0 Å². The third-order valence-electron chi connectivity index (χ3n) is 5.01. The maximum atomic E-state index is 13.0. The zero-order valence-corrected chi connectivity index (χ0v) is 20.2. The van der Waals surface area contributed by atoms with Crippen LogP contribution >= 0.6 is 11.3 Å². The standard InChI is InChI=1S/C24H32N2O4S/c1-8-26(9-2)23(28)20-16(7)19(24(29)30-15(5)6)22(31-20)25-21(27)18-12-10-17(11-13-18)14(3)4/h10-15H,8-9H2,1-7H3,(H,25,27). The highest BCUT2D eigenvalue weighted by molar-refractivity contribution is 7.18. The lowest BCUT2D eigenvalue weighted by Crippen LogP contribution is -2.30. The van der Waals surface area contributed by atoms with Crippen molar-refractivity contribution in [3.05, 3.63) is 51.4 Å². The molecule has 31 heavy (non-hydrogen) atoms. The number of benzene rings is 1. The van der Waals surface area contributed by atoms with E-state index in [1.807, 2.05) is 26.0 Å². The maximum Gasteiger partial charge on any atom is 0.341 e. The smallest absolute Gasteiger partial charge is 0.341 e. The number of anilines is 1. The number of ether oxygens (including phenoxy) is 1. The van der Waals surface area contributed by atoms with Gasteiger partial charge in [0.05, 0.1) is 16.5 Å². The van der Waals surface area contributed by atoms with Crippen molar-refractivity contribution in [1.82, 2.24) is 4.90 Å². The first-order chi connectivity index (χ1) is 14.6. The zero-order chi connectivity index (χ0) is 23.3. The van der Waals surface area contributed by atoms with Crippen LogP contribution in [0.25, 0.3) is 0 Å². The van der Waals surface area contributed by atoms with Gasteiger partial charge in [0.25, 0.3) is 11.8 Å². The molecule has 168 valence electrons. The van der Waals surface area contributed by atoms with Gasteiger partial charge in [0.2, 0.25) is 0 Å². The summed E-state index contributed by atoms with van der Waals surface area (Å²) in [5.41, 5.74) is 2.38. The van der Waals surface area contributed by atoms with E-state index < -0.39 is 5.97 Å². The molecule has 6 nitrogen and oxygen atoms in total. The first-order valence-electron chi connectivity index (χ1n) is 10.7. The third-order valence-corrected chi connectivity index (χ3v) is 6.20. The Bertz CT molecular complexity index is 941. The molecule has 0 aliphatic heterocycles. The van der Waals surface area contributed by atoms with E-state index in [0.29, 0.717) is 40.0 Å². The Labute approximate surface area is 188 Å². The molecule has 0 spiro atoms. The van der Waals surface area contributed by atoms with Crippen molar-refractivity contribution in [3.8, 4) is 0 Å². The Hall–Kier alpha value is -2.67. The molecule has 0 atom stereocenters. The number of hydrogen-bond acceptors (Lipinski definition) is 5. The molecule has 1 heterocycles.